The minimum atomic E-state index is 0.394. The van der Waals surface area contributed by atoms with Gasteiger partial charge < -0.3 is 10.6 Å². The van der Waals surface area contributed by atoms with Crippen molar-refractivity contribution in [2.24, 2.45) is 5.73 Å². The predicted molar refractivity (Wildman–Crippen MR) is 62.8 cm³/mol. The summed E-state index contributed by atoms with van der Waals surface area (Å²) in [6.07, 6.45) is 1.74. The molecule has 0 radical (unpaired) electrons. The number of benzene rings is 1. The van der Waals surface area contributed by atoms with Gasteiger partial charge in [-0.1, -0.05) is 0 Å². The molecule has 0 aromatic heterocycles. The molecule has 5 heteroatoms. The van der Waals surface area contributed by atoms with Crippen LogP contribution in [0.4, 0.5) is 5.69 Å². The van der Waals surface area contributed by atoms with Crippen LogP contribution in [-0.4, -0.2) is 12.2 Å². The van der Waals surface area contributed by atoms with Gasteiger partial charge in [0.25, 0.3) is 0 Å². The topological polar surface area (TPSA) is 41.7 Å². The zero-order valence-electron chi connectivity index (χ0n) is 7.64. The first-order valence-electron chi connectivity index (χ1n) is 4.10. The van der Waals surface area contributed by atoms with Gasteiger partial charge in [-0.2, -0.15) is 0 Å². The predicted octanol–water partition coefficient (Wildman–Crippen LogP) is 1.65. The highest BCUT2D eigenvalue weighted by molar-refractivity contribution is 14.1. The van der Waals surface area contributed by atoms with Crippen LogP contribution in [0.25, 0.3) is 0 Å². The highest BCUT2D eigenvalue weighted by Crippen LogP contribution is 2.22. The Kier molecular flexibility index (Phi) is 2.51. The van der Waals surface area contributed by atoms with Crippen LogP contribution in [0, 0.1) is 3.57 Å². The molecule has 1 aliphatic heterocycles. The average molecular weight is 303 g/mol. The van der Waals surface area contributed by atoms with E-state index in [1.54, 1.807) is 18.4 Å². The van der Waals surface area contributed by atoms with E-state index in [4.69, 9.17) is 10.6 Å². The molecule has 0 aliphatic carbocycles. The standard InChI is InChI=1S/C9H10IN3O/c1-12-13(6-9(11)14-12)8-4-2-7(10)3-5-8/h2-6H,11H2,1H3. The first-order chi connectivity index (χ1) is 6.66. The molecule has 0 atom stereocenters. The summed E-state index contributed by atoms with van der Waals surface area (Å²) in [6.45, 7) is 0. The summed E-state index contributed by atoms with van der Waals surface area (Å²) in [4.78, 5) is 5.15. The van der Waals surface area contributed by atoms with E-state index in [9.17, 15) is 0 Å². The van der Waals surface area contributed by atoms with Gasteiger partial charge in [0.15, 0.2) is 0 Å². The van der Waals surface area contributed by atoms with E-state index >= 15 is 0 Å². The van der Waals surface area contributed by atoms with Gasteiger partial charge in [-0.05, 0) is 52.0 Å². The van der Waals surface area contributed by atoms with Gasteiger partial charge in [-0.25, -0.2) is 5.01 Å². The molecule has 0 spiro atoms. The molecule has 2 rings (SSSR count). The Hall–Kier alpha value is -0.950. The molecule has 1 heterocycles. The Labute approximate surface area is 96.0 Å². The Morgan fingerprint density at radius 2 is 1.93 bits per heavy atom. The van der Waals surface area contributed by atoms with Crippen molar-refractivity contribution in [3.05, 3.63) is 39.9 Å². The summed E-state index contributed by atoms with van der Waals surface area (Å²) in [5, 5.41) is 3.42. The number of rotatable bonds is 1. The van der Waals surface area contributed by atoms with E-state index < -0.39 is 0 Å². The molecule has 2 N–H and O–H groups in total. The molecule has 0 amide bonds. The number of hydrogen-bond acceptors (Lipinski definition) is 4. The Morgan fingerprint density at radius 1 is 1.29 bits per heavy atom. The molecule has 1 aromatic rings. The molecular weight excluding hydrogens is 293 g/mol. The quantitative estimate of drug-likeness (QED) is 0.801. The van der Waals surface area contributed by atoms with Crippen LogP contribution < -0.4 is 10.7 Å². The molecule has 0 saturated carbocycles. The van der Waals surface area contributed by atoms with Crippen molar-refractivity contribution in [3.8, 4) is 0 Å². The van der Waals surface area contributed by atoms with Gasteiger partial charge in [-0.3, -0.25) is 0 Å². The van der Waals surface area contributed by atoms with Crippen molar-refractivity contribution in [2.45, 2.75) is 0 Å². The third kappa shape index (κ3) is 1.78. The van der Waals surface area contributed by atoms with Crippen LogP contribution in [-0.2, 0) is 4.84 Å². The lowest BCUT2D eigenvalue weighted by Gasteiger charge is -2.21. The number of hydroxylamine groups is 1. The fraction of sp³-hybridized carbons (Fsp3) is 0.111. The van der Waals surface area contributed by atoms with Crippen LogP contribution in [0.15, 0.2) is 36.3 Å². The zero-order chi connectivity index (χ0) is 10.1. The second-order valence-electron chi connectivity index (χ2n) is 2.91. The molecule has 0 fully saturated rings. The number of halogens is 1. The molecule has 4 nitrogen and oxygen atoms in total. The lowest BCUT2D eigenvalue weighted by molar-refractivity contribution is -0.0778. The minimum absolute atomic E-state index is 0.394. The maximum atomic E-state index is 5.54. The van der Waals surface area contributed by atoms with Crippen molar-refractivity contribution in [1.29, 1.82) is 0 Å². The van der Waals surface area contributed by atoms with Crippen molar-refractivity contribution in [2.75, 3.05) is 12.1 Å². The van der Waals surface area contributed by atoms with Crippen LogP contribution in [0.5, 0.6) is 0 Å². The summed E-state index contributed by atoms with van der Waals surface area (Å²) in [7, 11) is 1.80. The normalized spacial score (nSPS) is 16.7. The second kappa shape index (κ2) is 3.66. The number of anilines is 1. The van der Waals surface area contributed by atoms with Gasteiger partial charge in [0.05, 0.1) is 11.9 Å². The second-order valence-corrected chi connectivity index (χ2v) is 4.15. The first-order valence-corrected chi connectivity index (χ1v) is 5.18. The van der Waals surface area contributed by atoms with Crippen molar-refractivity contribution in [3.63, 3.8) is 0 Å². The largest absolute Gasteiger partial charge is 0.367 e. The lowest BCUT2D eigenvalue weighted by atomic mass is 10.3. The van der Waals surface area contributed by atoms with E-state index in [1.807, 2.05) is 29.3 Å². The summed E-state index contributed by atoms with van der Waals surface area (Å²) in [5.74, 6) is 0.394. The van der Waals surface area contributed by atoms with Crippen molar-refractivity contribution >= 4 is 28.3 Å². The van der Waals surface area contributed by atoms with Gasteiger partial charge in [-0.15, -0.1) is 0 Å². The maximum absolute atomic E-state index is 5.54. The Morgan fingerprint density at radius 3 is 2.43 bits per heavy atom. The fourth-order valence-electron chi connectivity index (χ4n) is 1.25. The van der Waals surface area contributed by atoms with Gasteiger partial charge >= 0.3 is 0 Å². The number of hydrazine groups is 1. The van der Waals surface area contributed by atoms with E-state index in [-0.39, 0.29) is 0 Å². The number of hydrogen-bond donors (Lipinski definition) is 1. The molecule has 0 unspecified atom stereocenters. The van der Waals surface area contributed by atoms with Crippen LogP contribution in [0.3, 0.4) is 0 Å². The molecule has 74 valence electrons. The van der Waals surface area contributed by atoms with Crippen LogP contribution in [0.2, 0.25) is 0 Å². The molecule has 1 aromatic carbocycles. The number of nitrogens with two attached hydrogens (primary N) is 1. The van der Waals surface area contributed by atoms with Crippen LogP contribution in [0.1, 0.15) is 0 Å². The summed E-state index contributed by atoms with van der Waals surface area (Å²) in [5.41, 5.74) is 6.56. The minimum Gasteiger partial charge on any atom is -0.367 e. The average Bonchev–Trinajstić information content (AvgIpc) is 2.47. The summed E-state index contributed by atoms with van der Waals surface area (Å²) >= 11 is 2.27. The van der Waals surface area contributed by atoms with Crippen molar-refractivity contribution < 1.29 is 4.84 Å². The van der Waals surface area contributed by atoms with E-state index in [0.29, 0.717) is 5.88 Å². The van der Waals surface area contributed by atoms with Crippen LogP contribution >= 0.6 is 22.6 Å². The molecule has 0 bridgehead atoms. The Balaban J connectivity index is 2.27. The summed E-state index contributed by atoms with van der Waals surface area (Å²) < 4.78 is 1.20. The highest BCUT2D eigenvalue weighted by atomic mass is 127. The molecule has 14 heavy (non-hydrogen) atoms. The first kappa shape index (κ1) is 9.60. The number of nitrogens with zero attached hydrogens (tertiary/aromatic N) is 2. The fourth-order valence-corrected chi connectivity index (χ4v) is 1.61. The van der Waals surface area contributed by atoms with E-state index in [2.05, 4.69) is 22.6 Å². The third-order valence-electron chi connectivity index (χ3n) is 1.88. The van der Waals surface area contributed by atoms with E-state index in [1.165, 1.54) is 3.57 Å². The van der Waals surface area contributed by atoms with Gasteiger partial charge in [0, 0.05) is 10.6 Å². The smallest absolute Gasteiger partial charge is 0.230 e. The summed E-state index contributed by atoms with van der Waals surface area (Å²) in [6, 6.07) is 8.09. The van der Waals surface area contributed by atoms with Crippen molar-refractivity contribution in [1.82, 2.24) is 5.17 Å². The molecule has 0 saturated heterocycles. The highest BCUT2D eigenvalue weighted by Gasteiger charge is 2.19. The van der Waals surface area contributed by atoms with Gasteiger partial charge in [0.2, 0.25) is 5.88 Å². The van der Waals surface area contributed by atoms with Gasteiger partial charge in [0.1, 0.15) is 0 Å². The zero-order valence-corrected chi connectivity index (χ0v) is 9.80. The molecule has 1 aliphatic rings. The SMILES string of the molecule is CN1OC(N)=CN1c1ccc(I)cc1. The van der Waals surface area contributed by atoms with E-state index in [0.717, 1.165) is 5.69 Å². The third-order valence-corrected chi connectivity index (χ3v) is 2.60. The molecular formula is C9H10IN3O. The monoisotopic (exact) mass is 303 g/mol. The Bertz CT molecular complexity index is 363. The lowest BCUT2D eigenvalue weighted by Crippen LogP contribution is -2.30. The maximum Gasteiger partial charge on any atom is 0.230 e.